The van der Waals surface area contributed by atoms with Gasteiger partial charge in [-0.15, -0.1) is 11.8 Å². The summed E-state index contributed by atoms with van der Waals surface area (Å²) < 4.78 is 11.1. The first-order valence-electron chi connectivity index (χ1n) is 8.42. The molecule has 1 rings (SSSR count). The number of ether oxygens (including phenoxy) is 2. The second kappa shape index (κ2) is 11.7. The molecule has 0 bridgehead atoms. The molecule has 0 amide bonds. The summed E-state index contributed by atoms with van der Waals surface area (Å²) in [4.78, 5) is 1.19. The van der Waals surface area contributed by atoms with Gasteiger partial charge >= 0.3 is 0 Å². The number of quaternary nitrogens is 1. The van der Waals surface area contributed by atoms with Crippen LogP contribution in [-0.2, 0) is 6.42 Å². The van der Waals surface area contributed by atoms with Gasteiger partial charge in [0.25, 0.3) is 0 Å². The van der Waals surface area contributed by atoms with Crippen LogP contribution in [0.1, 0.15) is 44.6 Å². The molecule has 0 unspecified atom stereocenters. The highest BCUT2D eigenvalue weighted by atomic mass is 32.2. The Bertz CT molecular complexity index is 424. The molecule has 0 heterocycles. The van der Waals surface area contributed by atoms with E-state index in [-0.39, 0.29) is 0 Å². The SMILES string of the molecule is CCCCCCCSc1cc(OC)c(CC[NH2+]C)cc1OC. The Morgan fingerprint density at radius 3 is 2.36 bits per heavy atom. The molecule has 22 heavy (non-hydrogen) atoms. The minimum Gasteiger partial charge on any atom is -0.496 e. The second-order valence-electron chi connectivity index (χ2n) is 5.52. The molecule has 1 aromatic carbocycles. The van der Waals surface area contributed by atoms with Crippen LogP contribution in [0.15, 0.2) is 17.0 Å². The Morgan fingerprint density at radius 2 is 1.73 bits per heavy atom. The predicted molar refractivity (Wildman–Crippen MR) is 95.4 cm³/mol. The molecule has 0 saturated heterocycles. The van der Waals surface area contributed by atoms with Crippen molar-refractivity contribution in [2.24, 2.45) is 0 Å². The summed E-state index contributed by atoms with van der Waals surface area (Å²) in [6.45, 7) is 3.31. The fraction of sp³-hybridized carbons (Fsp3) is 0.667. The van der Waals surface area contributed by atoms with Crippen LogP contribution in [-0.4, -0.2) is 33.6 Å². The normalized spacial score (nSPS) is 10.7. The number of nitrogens with two attached hydrogens (primary N) is 1. The van der Waals surface area contributed by atoms with E-state index in [1.807, 2.05) is 11.8 Å². The highest BCUT2D eigenvalue weighted by Crippen LogP contribution is 2.36. The van der Waals surface area contributed by atoms with Crippen molar-refractivity contribution in [1.29, 1.82) is 0 Å². The first-order chi connectivity index (χ1) is 10.8. The molecule has 0 saturated carbocycles. The monoisotopic (exact) mass is 326 g/mol. The lowest BCUT2D eigenvalue weighted by atomic mass is 10.1. The van der Waals surface area contributed by atoms with E-state index in [1.54, 1.807) is 14.2 Å². The fourth-order valence-corrected chi connectivity index (χ4v) is 3.47. The molecule has 0 fully saturated rings. The summed E-state index contributed by atoms with van der Waals surface area (Å²) in [7, 11) is 5.59. The summed E-state index contributed by atoms with van der Waals surface area (Å²) in [6, 6.07) is 4.28. The van der Waals surface area contributed by atoms with Crippen LogP contribution in [0.3, 0.4) is 0 Å². The number of unbranched alkanes of at least 4 members (excludes halogenated alkanes) is 4. The average Bonchev–Trinajstić information content (AvgIpc) is 2.55. The first kappa shape index (κ1) is 19.2. The maximum absolute atomic E-state index is 5.57. The highest BCUT2D eigenvalue weighted by molar-refractivity contribution is 7.99. The van der Waals surface area contributed by atoms with E-state index < -0.39 is 0 Å². The predicted octanol–water partition coefficient (Wildman–Crippen LogP) is 3.50. The maximum Gasteiger partial charge on any atom is 0.132 e. The number of methoxy groups -OCH3 is 2. The van der Waals surface area contributed by atoms with Gasteiger partial charge in [0.15, 0.2) is 0 Å². The molecule has 0 aliphatic carbocycles. The summed E-state index contributed by atoms with van der Waals surface area (Å²) in [5.74, 6) is 3.10. The molecule has 2 N–H and O–H groups in total. The van der Waals surface area contributed by atoms with Crippen LogP contribution >= 0.6 is 11.8 Å². The molecule has 0 radical (unpaired) electrons. The second-order valence-corrected chi connectivity index (χ2v) is 6.66. The van der Waals surface area contributed by atoms with Crippen molar-refractivity contribution in [3.8, 4) is 11.5 Å². The molecule has 0 spiro atoms. The van der Waals surface area contributed by atoms with Crippen molar-refractivity contribution < 1.29 is 14.8 Å². The molecule has 0 aliphatic heterocycles. The van der Waals surface area contributed by atoms with E-state index in [1.165, 1.54) is 42.6 Å². The Labute approximate surface area is 140 Å². The van der Waals surface area contributed by atoms with Crippen LogP contribution in [0, 0.1) is 0 Å². The van der Waals surface area contributed by atoms with Gasteiger partial charge in [0.2, 0.25) is 0 Å². The van der Waals surface area contributed by atoms with Gasteiger partial charge in [-0.3, -0.25) is 0 Å². The van der Waals surface area contributed by atoms with Gasteiger partial charge in [0.05, 0.1) is 32.7 Å². The van der Waals surface area contributed by atoms with Crippen LogP contribution < -0.4 is 14.8 Å². The minimum atomic E-state index is 0.977. The van der Waals surface area contributed by atoms with Gasteiger partial charge < -0.3 is 14.8 Å². The minimum absolute atomic E-state index is 0.977. The molecule has 0 atom stereocenters. The first-order valence-corrected chi connectivity index (χ1v) is 9.40. The largest absolute Gasteiger partial charge is 0.496 e. The van der Waals surface area contributed by atoms with Crippen molar-refractivity contribution in [3.05, 3.63) is 17.7 Å². The molecule has 1 aromatic rings. The number of thioether (sulfide) groups is 1. The number of hydrogen-bond donors (Lipinski definition) is 1. The maximum atomic E-state index is 5.57. The van der Waals surface area contributed by atoms with Gasteiger partial charge in [-0.05, 0) is 24.3 Å². The quantitative estimate of drug-likeness (QED) is 0.472. The molecule has 4 heteroatoms. The van der Waals surface area contributed by atoms with Gasteiger partial charge in [-0.1, -0.05) is 32.6 Å². The zero-order valence-corrected chi connectivity index (χ0v) is 15.4. The molecule has 126 valence electrons. The van der Waals surface area contributed by atoms with E-state index in [0.717, 1.165) is 30.2 Å². The molecule has 0 aromatic heterocycles. The fourth-order valence-electron chi connectivity index (χ4n) is 2.43. The van der Waals surface area contributed by atoms with Crippen molar-refractivity contribution >= 4 is 11.8 Å². The summed E-state index contributed by atoms with van der Waals surface area (Å²) >= 11 is 1.88. The molecule has 3 nitrogen and oxygen atoms in total. The summed E-state index contributed by atoms with van der Waals surface area (Å²) in [5, 5.41) is 2.19. The third kappa shape index (κ3) is 6.49. The molecule has 0 aliphatic rings. The van der Waals surface area contributed by atoms with Crippen molar-refractivity contribution in [3.63, 3.8) is 0 Å². The number of likely N-dealkylation sites (N-methyl/N-ethyl adjacent to an activating group) is 1. The lowest BCUT2D eigenvalue weighted by Gasteiger charge is -2.14. The third-order valence-corrected chi connectivity index (χ3v) is 4.90. The standard InChI is InChI=1S/C18H31NO2S/c1-5-6-7-8-9-12-22-18-14-16(20-3)15(10-11-19-2)13-17(18)21-4/h13-14,19H,5-12H2,1-4H3/p+1. The Morgan fingerprint density at radius 1 is 1.00 bits per heavy atom. The number of hydrogen-bond acceptors (Lipinski definition) is 3. The van der Waals surface area contributed by atoms with E-state index in [4.69, 9.17) is 9.47 Å². The van der Waals surface area contributed by atoms with Gasteiger partial charge in [0, 0.05) is 12.0 Å². The lowest BCUT2D eigenvalue weighted by molar-refractivity contribution is -0.626. The smallest absolute Gasteiger partial charge is 0.132 e. The summed E-state index contributed by atoms with van der Waals surface area (Å²) in [5.41, 5.74) is 1.23. The average molecular weight is 327 g/mol. The van der Waals surface area contributed by atoms with Gasteiger partial charge in [0.1, 0.15) is 11.5 Å². The van der Waals surface area contributed by atoms with Crippen LogP contribution in [0.5, 0.6) is 11.5 Å². The van der Waals surface area contributed by atoms with Crippen LogP contribution in [0.2, 0.25) is 0 Å². The molecular weight excluding hydrogens is 294 g/mol. The Kier molecular flexibility index (Phi) is 10.2. The zero-order valence-electron chi connectivity index (χ0n) is 14.6. The van der Waals surface area contributed by atoms with Crippen molar-refractivity contribution in [2.45, 2.75) is 50.3 Å². The summed E-state index contributed by atoms with van der Waals surface area (Å²) in [6.07, 6.45) is 7.59. The van der Waals surface area contributed by atoms with Crippen LogP contribution in [0.4, 0.5) is 0 Å². The van der Waals surface area contributed by atoms with Crippen molar-refractivity contribution in [1.82, 2.24) is 0 Å². The lowest BCUT2D eigenvalue weighted by Crippen LogP contribution is -2.80. The highest BCUT2D eigenvalue weighted by Gasteiger charge is 2.12. The third-order valence-electron chi connectivity index (χ3n) is 3.77. The van der Waals surface area contributed by atoms with E-state index in [9.17, 15) is 0 Å². The van der Waals surface area contributed by atoms with Gasteiger partial charge in [-0.25, -0.2) is 0 Å². The molecular formula is C18H32NO2S+. The van der Waals surface area contributed by atoms with E-state index >= 15 is 0 Å². The van der Waals surface area contributed by atoms with E-state index in [0.29, 0.717) is 0 Å². The number of benzene rings is 1. The van der Waals surface area contributed by atoms with Crippen LogP contribution in [0.25, 0.3) is 0 Å². The Balaban J connectivity index is 2.64. The van der Waals surface area contributed by atoms with Gasteiger partial charge in [-0.2, -0.15) is 0 Å². The topological polar surface area (TPSA) is 35.1 Å². The van der Waals surface area contributed by atoms with E-state index in [2.05, 4.69) is 31.4 Å². The zero-order chi connectivity index (χ0) is 16.2. The van der Waals surface area contributed by atoms with Crippen molar-refractivity contribution in [2.75, 3.05) is 33.6 Å². The number of rotatable bonds is 12. The Hall–Kier alpha value is -0.870.